The standard InChI is InChI=1S/C21H23N5O2/c27-20-17-5-1-2-6-18(17)24-19(25-20)7-11-23-16-8-12-26(13-9-16)21(28)15-4-3-10-22-14-15/h1-6,10,14,16,23H,7-9,11-13H2,(H,24,25,27). The second-order valence-corrected chi connectivity index (χ2v) is 7.04. The molecule has 1 fully saturated rings. The molecule has 0 saturated carbocycles. The fourth-order valence-corrected chi connectivity index (χ4v) is 3.61. The Morgan fingerprint density at radius 1 is 1.18 bits per heavy atom. The van der Waals surface area contributed by atoms with Crippen molar-refractivity contribution >= 4 is 16.8 Å². The van der Waals surface area contributed by atoms with E-state index < -0.39 is 0 Å². The van der Waals surface area contributed by atoms with Crippen LogP contribution in [0.5, 0.6) is 0 Å². The molecule has 3 aromatic rings. The molecule has 4 rings (SSSR count). The monoisotopic (exact) mass is 377 g/mol. The molecule has 0 spiro atoms. The summed E-state index contributed by atoms with van der Waals surface area (Å²) in [5.74, 6) is 0.741. The number of aromatic nitrogens is 3. The summed E-state index contributed by atoms with van der Waals surface area (Å²) in [5, 5.41) is 4.14. The van der Waals surface area contributed by atoms with Crippen molar-refractivity contribution in [3.63, 3.8) is 0 Å². The molecule has 1 saturated heterocycles. The summed E-state index contributed by atoms with van der Waals surface area (Å²) in [4.78, 5) is 37.9. The number of carbonyl (C=O) groups excluding carboxylic acids is 1. The lowest BCUT2D eigenvalue weighted by Crippen LogP contribution is -2.45. The van der Waals surface area contributed by atoms with Gasteiger partial charge in [0.1, 0.15) is 5.82 Å². The van der Waals surface area contributed by atoms with E-state index in [9.17, 15) is 9.59 Å². The molecule has 0 bridgehead atoms. The zero-order valence-corrected chi connectivity index (χ0v) is 15.6. The van der Waals surface area contributed by atoms with Crippen molar-refractivity contribution in [2.24, 2.45) is 0 Å². The Kier molecular flexibility index (Phi) is 5.43. The SMILES string of the molecule is O=C(c1cccnc1)N1CCC(NCCc2nc3ccccc3c(=O)[nH]2)CC1. The predicted octanol–water partition coefficient (Wildman–Crippen LogP) is 1.75. The van der Waals surface area contributed by atoms with Crippen LogP contribution in [0.15, 0.2) is 53.6 Å². The summed E-state index contributed by atoms with van der Waals surface area (Å²) in [6.07, 6.45) is 5.77. The summed E-state index contributed by atoms with van der Waals surface area (Å²) in [7, 11) is 0. The van der Waals surface area contributed by atoms with Crippen LogP contribution in [-0.2, 0) is 6.42 Å². The number of amides is 1. The minimum Gasteiger partial charge on any atom is -0.338 e. The van der Waals surface area contributed by atoms with E-state index in [2.05, 4.69) is 20.3 Å². The van der Waals surface area contributed by atoms with E-state index in [1.165, 1.54) is 0 Å². The lowest BCUT2D eigenvalue weighted by atomic mass is 10.0. The van der Waals surface area contributed by atoms with Crippen LogP contribution in [0.2, 0.25) is 0 Å². The van der Waals surface area contributed by atoms with Gasteiger partial charge in [-0.05, 0) is 37.1 Å². The molecule has 1 aliphatic heterocycles. The Labute approximate surface area is 162 Å². The zero-order valence-electron chi connectivity index (χ0n) is 15.6. The van der Waals surface area contributed by atoms with E-state index in [-0.39, 0.29) is 11.5 Å². The number of carbonyl (C=O) groups is 1. The third-order valence-corrected chi connectivity index (χ3v) is 5.15. The maximum Gasteiger partial charge on any atom is 0.258 e. The first-order chi connectivity index (χ1) is 13.7. The first-order valence-electron chi connectivity index (χ1n) is 9.61. The number of aromatic amines is 1. The first-order valence-corrected chi connectivity index (χ1v) is 9.61. The van der Waals surface area contributed by atoms with Crippen molar-refractivity contribution < 1.29 is 4.79 Å². The molecule has 0 unspecified atom stereocenters. The molecular weight excluding hydrogens is 354 g/mol. The number of fused-ring (bicyclic) bond motifs is 1. The quantitative estimate of drug-likeness (QED) is 0.707. The topological polar surface area (TPSA) is 91.0 Å². The molecule has 7 heteroatoms. The normalized spacial score (nSPS) is 15.1. The van der Waals surface area contributed by atoms with Crippen LogP contribution in [0.25, 0.3) is 10.9 Å². The fourth-order valence-electron chi connectivity index (χ4n) is 3.61. The van der Waals surface area contributed by atoms with Crippen molar-refractivity contribution in [2.75, 3.05) is 19.6 Å². The van der Waals surface area contributed by atoms with Crippen LogP contribution < -0.4 is 10.9 Å². The Hall–Kier alpha value is -3.06. The highest BCUT2D eigenvalue weighted by molar-refractivity contribution is 5.93. The van der Waals surface area contributed by atoms with Gasteiger partial charge in [-0.15, -0.1) is 0 Å². The largest absolute Gasteiger partial charge is 0.338 e. The predicted molar refractivity (Wildman–Crippen MR) is 107 cm³/mol. The molecule has 1 aliphatic rings. The molecule has 2 N–H and O–H groups in total. The highest BCUT2D eigenvalue weighted by Gasteiger charge is 2.23. The van der Waals surface area contributed by atoms with Crippen molar-refractivity contribution in [2.45, 2.75) is 25.3 Å². The summed E-state index contributed by atoms with van der Waals surface area (Å²) >= 11 is 0. The van der Waals surface area contributed by atoms with Gasteiger partial charge in [-0.1, -0.05) is 12.1 Å². The van der Waals surface area contributed by atoms with Crippen LogP contribution in [0.3, 0.4) is 0 Å². The van der Waals surface area contributed by atoms with Crippen LogP contribution in [-0.4, -0.2) is 51.4 Å². The molecule has 7 nitrogen and oxygen atoms in total. The number of benzene rings is 1. The molecule has 2 aromatic heterocycles. The van der Waals surface area contributed by atoms with Crippen LogP contribution in [0.4, 0.5) is 0 Å². The average molecular weight is 377 g/mol. The number of likely N-dealkylation sites (tertiary alicyclic amines) is 1. The van der Waals surface area contributed by atoms with Gasteiger partial charge in [-0.3, -0.25) is 14.6 Å². The number of hydrogen-bond acceptors (Lipinski definition) is 5. The van der Waals surface area contributed by atoms with E-state index in [0.717, 1.165) is 38.0 Å². The fraction of sp³-hybridized carbons (Fsp3) is 0.333. The maximum atomic E-state index is 12.5. The summed E-state index contributed by atoms with van der Waals surface area (Å²) < 4.78 is 0. The molecule has 0 aliphatic carbocycles. The number of para-hydroxylation sites is 1. The number of nitrogens with one attached hydrogen (secondary N) is 2. The number of nitrogens with zero attached hydrogens (tertiary/aromatic N) is 3. The Bertz CT molecular complexity index is 1010. The third kappa shape index (κ3) is 4.09. The van der Waals surface area contributed by atoms with Crippen molar-refractivity contribution in [3.05, 3.63) is 70.5 Å². The molecule has 0 radical (unpaired) electrons. The van der Waals surface area contributed by atoms with Crippen molar-refractivity contribution in [1.82, 2.24) is 25.2 Å². The van der Waals surface area contributed by atoms with E-state index in [4.69, 9.17) is 0 Å². The highest BCUT2D eigenvalue weighted by atomic mass is 16.2. The smallest absolute Gasteiger partial charge is 0.258 e. The van der Waals surface area contributed by atoms with Gasteiger partial charge in [-0.2, -0.15) is 0 Å². The molecule has 3 heterocycles. The first kappa shape index (κ1) is 18.3. The number of hydrogen-bond donors (Lipinski definition) is 2. The van der Waals surface area contributed by atoms with E-state index in [1.807, 2.05) is 23.1 Å². The van der Waals surface area contributed by atoms with Crippen LogP contribution in [0, 0.1) is 0 Å². The second kappa shape index (κ2) is 8.31. The second-order valence-electron chi connectivity index (χ2n) is 7.04. The lowest BCUT2D eigenvalue weighted by molar-refractivity contribution is 0.0705. The van der Waals surface area contributed by atoms with Gasteiger partial charge in [0.2, 0.25) is 0 Å². The van der Waals surface area contributed by atoms with Gasteiger partial charge >= 0.3 is 0 Å². The number of H-pyrrole nitrogens is 1. The number of rotatable bonds is 5. The van der Waals surface area contributed by atoms with Gasteiger partial charge < -0.3 is 15.2 Å². The molecule has 0 atom stereocenters. The van der Waals surface area contributed by atoms with E-state index in [0.29, 0.717) is 29.2 Å². The van der Waals surface area contributed by atoms with Crippen molar-refractivity contribution in [3.8, 4) is 0 Å². The van der Waals surface area contributed by atoms with Crippen LogP contribution in [0.1, 0.15) is 29.0 Å². The molecule has 144 valence electrons. The minimum atomic E-state index is -0.0946. The average Bonchev–Trinajstić information content (AvgIpc) is 2.74. The van der Waals surface area contributed by atoms with E-state index >= 15 is 0 Å². The zero-order chi connectivity index (χ0) is 19.3. The molecular formula is C21H23N5O2. The Morgan fingerprint density at radius 3 is 2.79 bits per heavy atom. The highest BCUT2D eigenvalue weighted by Crippen LogP contribution is 2.14. The van der Waals surface area contributed by atoms with Crippen molar-refractivity contribution in [1.29, 1.82) is 0 Å². The summed E-state index contributed by atoms with van der Waals surface area (Å²) in [5.41, 5.74) is 1.27. The van der Waals surface area contributed by atoms with Gasteiger partial charge in [0.25, 0.3) is 11.5 Å². The van der Waals surface area contributed by atoms with Gasteiger partial charge in [0.15, 0.2) is 0 Å². The van der Waals surface area contributed by atoms with Gasteiger partial charge in [0.05, 0.1) is 16.5 Å². The lowest BCUT2D eigenvalue weighted by Gasteiger charge is -2.32. The summed E-state index contributed by atoms with van der Waals surface area (Å²) in [6.45, 7) is 2.20. The third-order valence-electron chi connectivity index (χ3n) is 5.15. The molecule has 1 amide bonds. The number of pyridine rings is 1. The molecule has 1 aromatic carbocycles. The van der Waals surface area contributed by atoms with E-state index in [1.54, 1.807) is 30.6 Å². The van der Waals surface area contributed by atoms with Gasteiger partial charge in [0, 0.05) is 44.5 Å². The molecule has 28 heavy (non-hydrogen) atoms. The van der Waals surface area contributed by atoms with Gasteiger partial charge in [-0.25, -0.2) is 4.98 Å². The minimum absolute atomic E-state index is 0.0458. The number of piperidine rings is 1. The Balaban J connectivity index is 1.27. The Morgan fingerprint density at radius 2 is 2.00 bits per heavy atom. The van der Waals surface area contributed by atoms with Crippen LogP contribution >= 0.6 is 0 Å². The summed E-state index contributed by atoms with van der Waals surface area (Å²) in [6, 6.07) is 11.3. The maximum absolute atomic E-state index is 12.5.